The first-order valence-electron chi connectivity index (χ1n) is 7.31. The summed E-state index contributed by atoms with van der Waals surface area (Å²) in [5.41, 5.74) is 10.1. The summed E-state index contributed by atoms with van der Waals surface area (Å²) >= 11 is 3.58. The maximum Gasteiger partial charge on any atom is 0.125 e. The van der Waals surface area contributed by atoms with Crippen LogP contribution in [0.3, 0.4) is 0 Å². The fourth-order valence-corrected chi connectivity index (χ4v) is 3.33. The molecule has 1 aromatic carbocycles. The maximum atomic E-state index is 6.31. The second-order valence-corrected chi connectivity index (χ2v) is 6.43. The van der Waals surface area contributed by atoms with E-state index >= 15 is 0 Å². The molecule has 1 aromatic heterocycles. The van der Waals surface area contributed by atoms with E-state index in [1.165, 1.54) is 16.7 Å². The van der Waals surface area contributed by atoms with E-state index in [1.807, 2.05) is 12.3 Å². The van der Waals surface area contributed by atoms with Gasteiger partial charge in [0, 0.05) is 29.3 Å². The van der Waals surface area contributed by atoms with Crippen LogP contribution in [-0.2, 0) is 19.3 Å². The Morgan fingerprint density at radius 2 is 2.29 bits per heavy atom. The molecule has 0 radical (unpaired) electrons. The molecule has 3 nitrogen and oxygen atoms in total. The lowest BCUT2D eigenvalue weighted by Crippen LogP contribution is -2.23. The Morgan fingerprint density at radius 3 is 3.10 bits per heavy atom. The number of ether oxygens (including phenoxy) is 1. The molecule has 0 amide bonds. The second-order valence-electron chi connectivity index (χ2n) is 5.52. The first kappa shape index (κ1) is 14.5. The summed E-state index contributed by atoms with van der Waals surface area (Å²) in [6.07, 6.45) is 7.46. The fourth-order valence-electron chi connectivity index (χ4n) is 2.78. The van der Waals surface area contributed by atoms with Crippen molar-refractivity contribution in [1.29, 1.82) is 0 Å². The molecule has 1 aliphatic rings. The number of hydrogen-bond acceptors (Lipinski definition) is 3. The zero-order valence-corrected chi connectivity index (χ0v) is 13.5. The van der Waals surface area contributed by atoms with E-state index in [-0.39, 0.29) is 6.04 Å². The van der Waals surface area contributed by atoms with Crippen molar-refractivity contribution in [3.63, 3.8) is 0 Å². The summed E-state index contributed by atoms with van der Waals surface area (Å²) < 4.78 is 6.87. The van der Waals surface area contributed by atoms with Crippen molar-refractivity contribution in [2.45, 2.75) is 31.7 Å². The number of halogens is 1. The molecular formula is C17H19BrN2O. The van der Waals surface area contributed by atoms with Crippen LogP contribution in [0.15, 0.2) is 41.1 Å². The van der Waals surface area contributed by atoms with Crippen LogP contribution in [0.2, 0.25) is 0 Å². The summed E-state index contributed by atoms with van der Waals surface area (Å²) in [6.45, 7) is 0.781. The van der Waals surface area contributed by atoms with E-state index in [4.69, 9.17) is 10.5 Å². The molecule has 1 aliphatic heterocycles. The van der Waals surface area contributed by atoms with Crippen LogP contribution in [-0.4, -0.2) is 17.6 Å². The third-order valence-electron chi connectivity index (χ3n) is 3.83. The first-order valence-corrected chi connectivity index (χ1v) is 8.10. The van der Waals surface area contributed by atoms with Crippen LogP contribution in [0.25, 0.3) is 0 Å². The molecule has 2 N–H and O–H groups in total. The third kappa shape index (κ3) is 3.63. The van der Waals surface area contributed by atoms with Gasteiger partial charge in [0.2, 0.25) is 0 Å². The Bertz CT molecular complexity index is 616. The van der Waals surface area contributed by atoms with E-state index in [9.17, 15) is 0 Å². The van der Waals surface area contributed by atoms with E-state index in [0.717, 1.165) is 42.5 Å². The minimum Gasteiger partial charge on any atom is -0.493 e. The quantitative estimate of drug-likeness (QED) is 0.903. The molecule has 0 aliphatic carbocycles. The molecule has 0 spiro atoms. The fraction of sp³-hybridized carbons (Fsp3) is 0.353. The van der Waals surface area contributed by atoms with Crippen LogP contribution < -0.4 is 10.5 Å². The molecule has 1 atom stereocenters. The largest absolute Gasteiger partial charge is 0.493 e. The van der Waals surface area contributed by atoms with Gasteiger partial charge in [0.05, 0.1) is 6.61 Å². The van der Waals surface area contributed by atoms with Gasteiger partial charge in [-0.2, -0.15) is 0 Å². The number of nitrogens with zero attached hydrogens (tertiary/aromatic N) is 1. The summed E-state index contributed by atoms with van der Waals surface area (Å²) in [7, 11) is 0. The number of nitrogens with two attached hydrogens (primary N) is 1. The van der Waals surface area contributed by atoms with Crippen molar-refractivity contribution >= 4 is 15.9 Å². The average Bonchev–Trinajstić information content (AvgIpc) is 2.94. The minimum atomic E-state index is 0.132. The SMILES string of the molecule is NC(CCc1cccnc1)Cc1cc(Br)cc2c1OCC2. The molecule has 0 bridgehead atoms. The summed E-state index contributed by atoms with van der Waals surface area (Å²) in [4.78, 5) is 4.14. The van der Waals surface area contributed by atoms with E-state index in [0.29, 0.717) is 0 Å². The highest BCUT2D eigenvalue weighted by Gasteiger charge is 2.19. The maximum absolute atomic E-state index is 6.31. The monoisotopic (exact) mass is 346 g/mol. The van der Waals surface area contributed by atoms with Crippen LogP contribution >= 0.6 is 15.9 Å². The first-order chi connectivity index (χ1) is 10.2. The lowest BCUT2D eigenvalue weighted by molar-refractivity contribution is 0.352. The second kappa shape index (κ2) is 6.58. The van der Waals surface area contributed by atoms with E-state index in [1.54, 1.807) is 6.20 Å². The van der Waals surface area contributed by atoms with Gasteiger partial charge in [-0.25, -0.2) is 0 Å². The molecule has 0 saturated heterocycles. The zero-order valence-electron chi connectivity index (χ0n) is 11.9. The van der Waals surface area contributed by atoms with Gasteiger partial charge in [0.15, 0.2) is 0 Å². The van der Waals surface area contributed by atoms with Crippen molar-refractivity contribution in [1.82, 2.24) is 4.98 Å². The van der Waals surface area contributed by atoms with E-state index < -0.39 is 0 Å². The van der Waals surface area contributed by atoms with Crippen molar-refractivity contribution < 1.29 is 4.74 Å². The summed E-state index contributed by atoms with van der Waals surface area (Å²) in [5.74, 6) is 1.05. The smallest absolute Gasteiger partial charge is 0.125 e. The van der Waals surface area contributed by atoms with Gasteiger partial charge in [-0.3, -0.25) is 4.98 Å². The molecule has 2 heterocycles. The van der Waals surface area contributed by atoms with Gasteiger partial charge in [-0.1, -0.05) is 22.0 Å². The predicted octanol–water partition coefficient (Wildman–Crippen LogP) is 3.28. The predicted molar refractivity (Wildman–Crippen MR) is 87.6 cm³/mol. The molecule has 110 valence electrons. The van der Waals surface area contributed by atoms with Gasteiger partial charge in [0.25, 0.3) is 0 Å². The molecule has 0 fully saturated rings. The molecule has 1 unspecified atom stereocenters. The number of fused-ring (bicyclic) bond motifs is 1. The molecule has 21 heavy (non-hydrogen) atoms. The zero-order chi connectivity index (χ0) is 14.7. The molecular weight excluding hydrogens is 328 g/mol. The van der Waals surface area contributed by atoms with Crippen LogP contribution in [0.1, 0.15) is 23.1 Å². The normalized spacial score (nSPS) is 14.6. The Labute approximate surface area is 133 Å². The molecule has 3 rings (SSSR count). The molecule has 4 heteroatoms. The van der Waals surface area contributed by atoms with Gasteiger partial charge < -0.3 is 10.5 Å². The van der Waals surface area contributed by atoms with Gasteiger partial charge in [0.1, 0.15) is 5.75 Å². The van der Waals surface area contributed by atoms with Crippen molar-refractivity contribution in [3.05, 3.63) is 57.8 Å². The molecule has 2 aromatic rings. The average molecular weight is 347 g/mol. The Morgan fingerprint density at radius 1 is 1.38 bits per heavy atom. The highest BCUT2D eigenvalue weighted by Crippen LogP contribution is 2.33. The van der Waals surface area contributed by atoms with Crippen molar-refractivity contribution in [2.24, 2.45) is 5.73 Å². The highest BCUT2D eigenvalue weighted by atomic mass is 79.9. The van der Waals surface area contributed by atoms with Gasteiger partial charge in [-0.15, -0.1) is 0 Å². The topological polar surface area (TPSA) is 48.1 Å². The summed E-state index contributed by atoms with van der Waals surface area (Å²) in [6, 6.07) is 8.48. The number of pyridine rings is 1. The van der Waals surface area contributed by atoms with Gasteiger partial charge in [-0.05, 0) is 54.2 Å². The number of aryl methyl sites for hydroxylation is 1. The van der Waals surface area contributed by atoms with Crippen molar-refractivity contribution in [3.8, 4) is 5.75 Å². The lowest BCUT2D eigenvalue weighted by Gasteiger charge is -2.14. The molecule has 0 saturated carbocycles. The van der Waals surface area contributed by atoms with Gasteiger partial charge >= 0.3 is 0 Å². The van der Waals surface area contributed by atoms with E-state index in [2.05, 4.69) is 39.1 Å². The standard InChI is InChI=1S/C17H19BrN2O/c18-15-8-13-5-7-21-17(13)14(9-15)10-16(19)4-3-12-2-1-6-20-11-12/h1-2,6,8-9,11,16H,3-5,7,10,19H2. The van der Waals surface area contributed by atoms with Crippen LogP contribution in [0.4, 0.5) is 0 Å². The Hall–Kier alpha value is -1.39. The Kier molecular flexibility index (Phi) is 4.56. The van der Waals surface area contributed by atoms with Crippen LogP contribution in [0.5, 0.6) is 5.75 Å². The minimum absolute atomic E-state index is 0.132. The number of hydrogen-bond donors (Lipinski definition) is 1. The number of rotatable bonds is 5. The third-order valence-corrected chi connectivity index (χ3v) is 4.29. The Balaban J connectivity index is 1.64. The summed E-state index contributed by atoms with van der Waals surface area (Å²) in [5, 5.41) is 0. The van der Waals surface area contributed by atoms with Crippen molar-refractivity contribution in [2.75, 3.05) is 6.61 Å². The highest BCUT2D eigenvalue weighted by molar-refractivity contribution is 9.10. The lowest BCUT2D eigenvalue weighted by atomic mass is 9.98. The number of aromatic nitrogens is 1. The van der Waals surface area contributed by atoms with Crippen LogP contribution in [0, 0.1) is 0 Å². The number of benzene rings is 1.